The molecule has 0 spiro atoms. The molecule has 0 radical (unpaired) electrons. The number of hydrogen-bond acceptors (Lipinski definition) is 1. The van der Waals surface area contributed by atoms with Gasteiger partial charge in [0.05, 0.1) is 10.7 Å². The number of para-hydroxylation sites is 1. The largest absolute Gasteiger partial charge is 0.383 e. The van der Waals surface area contributed by atoms with Gasteiger partial charge in [-0.15, -0.1) is 0 Å². The molecule has 1 heterocycles. The summed E-state index contributed by atoms with van der Waals surface area (Å²) in [5, 5.41) is 3.71. The van der Waals surface area contributed by atoms with E-state index in [0.717, 1.165) is 5.69 Å². The fraction of sp³-hybridized carbons (Fsp3) is 0.400. The third-order valence-corrected chi connectivity index (χ3v) is 2.79. The number of hydrogen-bond donors (Lipinski definition) is 1. The lowest BCUT2D eigenvalue weighted by atomic mass is 9.90. The lowest BCUT2D eigenvalue weighted by molar-refractivity contribution is 0.178. The molecule has 0 fully saturated rings. The minimum absolute atomic E-state index is 0.500. The maximum Gasteiger partial charge on any atom is 0.136 e. The zero-order chi connectivity index (χ0) is 9.47. The normalized spacial score (nSPS) is 26.4. The zero-order valence-electron chi connectivity index (χ0n) is 7.40. The lowest BCUT2D eigenvalue weighted by Gasteiger charge is -2.30. The molecule has 1 aromatic carbocycles. The first-order valence-electron chi connectivity index (χ1n) is 4.33. The Balaban J connectivity index is 2.58. The molecule has 70 valence electrons. The van der Waals surface area contributed by atoms with Crippen molar-refractivity contribution in [1.82, 2.24) is 0 Å². The highest BCUT2D eigenvalue weighted by Gasteiger charge is 2.32. The first-order valence-corrected chi connectivity index (χ1v) is 4.71. The van der Waals surface area contributed by atoms with Crippen molar-refractivity contribution < 1.29 is 4.39 Å². The molecule has 1 N–H and O–H groups in total. The summed E-state index contributed by atoms with van der Waals surface area (Å²) in [4.78, 5) is 0. The maximum absolute atomic E-state index is 13.9. The standard InChI is InChI=1S/C10H11ClFN/c1-10(12)5-6-13-9-7(10)3-2-4-8(9)11/h2-4,13H,5-6H2,1H3. The van der Waals surface area contributed by atoms with E-state index in [1.54, 1.807) is 25.1 Å². The van der Waals surface area contributed by atoms with Gasteiger partial charge in [-0.2, -0.15) is 0 Å². The Bertz CT molecular complexity index is 336. The molecule has 1 aliphatic rings. The van der Waals surface area contributed by atoms with Crippen LogP contribution in [0.3, 0.4) is 0 Å². The number of anilines is 1. The average Bonchev–Trinajstić information content (AvgIpc) is 2.06. The summed E-state index contributed by atoms with van der Waals surface area (Å²) < 4.78 is 13.9. The van der Waals surface area contributed by atoms with Gasteiger partial charge in [0.2, 0.25) is 0 Å². The van der Waals surface area contributed by atoms with E-state index in [2.05, 4.69) is 5.32 Å². The Morgan fingerprint density at radius 1 is 1.54 bits per heavy atom. The van der Waals surface area contributed by atoms with Crippen LogP contribution in [-0.4, -0.2) is 6.54 Å². The van der Waals surface area contributed by atoms with E-state index in [1.165, 1.54) is 0 Å². The van der Waals surface area contributed by atoms with Crippen molar-refractivity contribution in [3.8, 4) is 0 Å². The maximum atomic E-state index is 13.9. The number of nitrogens with one attached hydrogen (secondary N) is 1. The second-order valence-corrected chi connectivity index (χ2v) is 3.94. The van der Waals surface area contributed by atoms with E-state index < -0.39 is 5.67 Å². The van der Waals surface area contributed by atoms with Crippen LogP contribution in [0.1, 0.15) is 18.9 Å². The van der Waals surface area contributed by atoms with E-state index in [9.17, 15) is 4.39 Å². The highest BCUT2D eigenvalue weighted by Crippen LogP contribution is 2.41. The quantitative estimate of drug-likeness (QED) is 0.676. The third-order valence-electron chi connectivity index (χ3n) is 2.47. The van der Waals surface area contributed by atoms with Crippen molar-refractivity contribution in [2.45, 2.75) is 19.0 Å². The Morgan fingerprint density at radius 2 is 2.31 bits per heavy atom. The second-order valence-electron chi connectivity index (χ2n) is 3.54. The third kappa shape index (κ3) is 1.39. The SMILES string of the molecule is CC1(F)CCNc2c(Cl)cccc21. The molecule has 1 aromatic rings. The first kappa shape index (κ1) is 8.82. The molecule has 1 nitrogen and oxygen atoms in total. The van der Waals surface area contributed by atoms with Crippen LogP contribution in [0.15, 0.2) is 18.2 Å². The number of fused-ring (bicyclic) bond motifs is 1. The van der Waals surface area contributed by atoms with Crippen LogP contribution in [0.2, 0.25) is 5.02 Å². The Morgan fingerprint density at radius 3 is 3.00 bits per heavy atom. The van der Waals surface area contributed by atoms with Crippen LogP contribution in [-0.2, 0) is 5.67 Å². The molecule has 1 aliphatic heterocycles. The van der Waals surface area contributed by atoms with Crippen LogP contribution in [0.5, 0.6) is 0 Å². The molecule has 0 aromatic heterocycles. The van der Waals surface area contributed by atoms with Crippen LogP contribution < -0.4 is 5.32 Å². The number of benzene rings is 1. The van der Waals surface area contributed by atoms with E-state index in [-0.39, 0.29) is 0 Å². The summed E-state index contributed by atoms with van der Waals surface area (Å²) in [6.07, 6.45) is 0.500. The van der Waals surface area contributed by atoms with E-state index >= 15 is 0 Å². The van der Waals surface area contributed by atoms with Crippen LogP contribution in [0, 0.1) is 0 Å². The Hall–Kier alpha value is -0.760. The zero-order valence-corrected chi connectivity index (χ0v) is 8.16. The number of alkyl halides is 1. The van der Waals surface area contributed by atoms with E-state index in [0.29, 0.717) is 23.6 Å². The van der Waals surface area contributed by atoms with Gasteiger partial charge in [-0.1, -0.05) is 23.7 Å². The minimum atomic E-state index is -1.24. The molecule has 0 saturated carbocycles. The molecular weight excluding hydrogens is 189 g/mol. The summed E-state index contributed by atoms with van der Waals surface area (Å²) >= 11 is 5.94. The van der Waals surface area contributed by atoms with Gasteiger partial charge in [0, 0.05) is 18.5 Å². The first-order chi connectivity index (χ1) is 6.11. The van der Waals surface area contributed by atoms with Crippen LogP contribution in [0.25, 0.3) is 0 Å². The Labute approximate surface area is 81.9 Å². The van der Waals surface area contributed by atoms with Gasteiger partial charge in [0.1, 0.15) is 5.67 Å². The van der Waals surface area contributed by atoms with Crippen molar-refractivity contribution in [3.63, 3.8) is 0 Å². The molecule has 0 saturated heterocycles. The van der Waals surface area contributed by atoms with Crippen molar-refractivity contribution >= 4 is 17.3 Å². The molecule has 0 amide bonds. The summed E-state index contributed by atoms with van der Waals surface area (Å²) in [6.45, 7) is 2.24. The van der Waals surface area contributed by atoms with Gasteiger partial charge in [-0.3, -0.25) is 0 Å². The predicted octanol–water partition coefficient (Wildman–Crippen LogP) is 3.34. The number of rotatable bonds is 0. The summed E-state index contributed by atoms with van der Waals surface area (Å²) in [5.41, 5.74) is 0.178. The molecule has 1 unspecified atom stereocenters. The molecule has 13 heavy (non-hydrogen) atoms. The molecule has 2 rings (SSSR count). The van der Waals surface area contributed by atoms with Crippen LogP contribution >= 0.6 is 11.6 Å². The van der Waals surface area contributed by atoms with E-state index in [4.69, 9.17) is 11.6 Å². The monoisotopic (exact) mass is 199 g/mol. The second kappa shape index (κ2) is 2.88. The average molecular weight is 200 g/mol. The fourth-order valence-corrected chi connectivity index (χ4v) is 1.94. The summed E-state index contributed by atoms with van der Waals surface area (Å²) in [6, 6.07) is 5.34. The highest BCUT2D eigenvalue weighted by atomic mass is 35.5. The molecule has 1 atom stereocenters. The highest BCUT2D eigenvalue weighted by molar-refractivity contribution is 6.33. The van der Waals surface area contributed by atoms with Crippen molar-refractivity contribution in [3.05, 3.63) is 28.8 Å². The predicted molar refractivity (Wildman–Crippen MR) is 53.0 cm³/mol. The van der Waals surface area contributed by atoms with Gasteiger partial charge >= 0.3 is 0 Å². The lowest BCUT2D eigenvalue weighted by Crippen LogP contribution is -2.27. The molecule has 0 aliphatic carbocycles. The van der Waals surface area contributed by atoms with Gasteiger partial charge in [0.15, 0.2) is 0 Å². The van der Waals surface area contributed by atoms with Gasteiger partial charge in [-0.25, -0.2) is 4.39 Å². The molecule has 3 heteroatoms. The van der Waals surface area contributed by atoms with Crippen molar-refractivity contribution in [2.75, 3.05) is 11.9 Å². The Kier molecular flexibility index (Phi) is 1.95. The van der Waals surface area contributed by atoms with Gasteiger partial charge in [0.25, 0.3) is 0 Å². The van der Waals surface area contributed by atoms with Gasteiger partial charge < -0.3 is 5.32 Å². The van der Waals surface area contributed by atoms with Crippen molar-refractivity contribution in [1.29, 1.82) is 0 Å². The van der Waals surface area contributed by atoms with E-state index in [1.807, 2.05) is 0 Å². The summed E-state index contributed by atoms with van der Waals surface area (Å²) in [7, 11) is 0. The fourth-order valence-electron chi connectivity index (χ4n) is 1.70. The molecular formula is C10H11ClFN. The number of halogens is 2. The summed E-state index contributed by atoms with van der Waals surface area (Å²) in [5.74, 6) is 0. The smallest absolute Gasteiger partial charge is 0.136 e. The van der Waals surface area contributed by atoms with Gasteiger partial charge in [-0.05, 0) is 13.0 Å². The van der Waals surface area contributed by atoms with Crippen molar-refractivity contribution in [2.24, 2.45) is 0 Å². The minimum Gasteiger partial charge on any atom is -0.383 e. The van der Waals surface area contributed by atoms with Crippen LogP contribution in [0.4, 0.5) is 10.1 Å². The molecule has 0 bridgehead atoms. The topological polar surface area (TPSA) is 12.0 Å².